The van der Waals surface area contributed by atoms with E-state index in [2.05, 4.69) is 19.2 Å². The number of carbonyl (C=O) groups excluding carboxylic acids is 1. The van der Waals surface area contributed by atoms with Crippen molar-refractivity contribution in [2.45, 2.75) is 19.3 Å². The molecule has 0 aromatic heterocycles. The third-order valence-corrected chi connectivity index (χ3v) is 2.26. The van der Waals surface area contributed by atoms with E-state index >= 15 is 0 Å². The van der Waals surface area contributed by atoms with Crippen molar-refractivity contribution < 1.29 is 4.79 Å². The minimum Gasteiger partial charge on any atom is -0.352 e. The highest BCUT2D eigenvalue weighted by Crippen LogP contribution is 2.21. The standard InChI is InChI=1S/C11H16N2O/c1-11(2,8-13-10(12)14)9-6-4-3-5-7-9/h3-7H,8H2,1-2H3,(H3,12,13,14). The van der Waals surface area contributed by atoms with Crippen molar-refractivity contribution in [2.75, 3.05) is 6.54 Å². The first-order chi connectivity index (χ1) is 6.52. The Morgan fingerprint density at radius 3 is 2.43 bits per heavy atom. The molecule has 1 aromatic rings. The first-order valence-electron chi connectivity index (χ1n) is 4.61. The lowest BCUT2D eigenvalue weighted by atomic mass is 9.85. The van der Waals surface area contributed by atoms with E-state index in [9.17, 15) is 4.79 Å². The van der Waals surface area contributed by atoms with E-state index in [4.69, 9.17) is 5.73 Å². The molecule has 0 saturated carbocycles. The van der Waals surface area contributed by atoms with Crippen LogP contribution < -0.4 is 11.1 Å². The molecule has 0 bridgehead atoms. The Labute approximate surface area is 84.3 Å². The number of benzene rings is 1. The fourth-order valence-corrected chi connectivity index (χ4v) is 1.30. The molecule has 0 unspecified atom stereocenters. The van der Waals surface area contributed by atoms with Gasteiger partial charge in [0.25, 0.3) is 0 Å². The average Bonchev–Trinajstić information content (AvgIpc) is 2.16. The van der Waals surface area contributed by atoms with E-state index in [0.717, 1.165) is 0 Å². The minimum absolute atomic E-state index is 0.0870. The van der Waals surface area contributed by atoms with Crippen molar-refractivity contribution in [3.8, 4) is 0 Å². The van der Waals surface area contributed by atoms with Crippen molar-refractivity contribution >= 4 is 6.03 Å². The van der Waals surface area contributed by atoms with Gasteiger partial charge in [-0.1, -0.05) is 44.2 Å². The highest BCUT2D eigenvalue weighted by atomic mass is 16.2. The highest BCUT2D eigenvalue weighted by molar-refractivity contribution is 5.71. The van der Waals surface area contributed by atoms with Gasteiger partial charge in [0.05, 0.1) is 0 Å². The van der Waals surface area contributed by atoms with Crippen molar-refractivity contribution in [3.63, 3.8) is 0 Å². The molecule has 0 radical (unpaired) electrons. The smallest absolute Gasteiger partial charge is 0.312 e. The zero-order valence-corrected chi connectivity index (χ0v) is 8.58. The molecule has 3 N–H and O–H groups in total. The van der Waals surface area contributed by atoms with E-state index < -0.39 is 6.03 Å². The van der Waals surface area contributed by atoms with Gasteiger partial charge in [-0.2, -0.15) is 0 Å². The van der Waals surface area contributed by atoms with Crippen LogP contribution in [0.3, 0.4) is 0 Å². The third-order valence-electron chi connectivity index (χ3n) is 2.26. The molecule has 0 aliphatic carbocycles. The summed E-state index contributed by atoms with van der Waals surface area (Å²) in [6.45, 7) is 4.68. The Kier molecular flexibility index (Phi) is 3.12. The first kappa shape index (κ1) is 10.6. The molecule has 3 heteroatoms. The molecule has 0 fully saturated rings. The van der Waals surface area contributed by atoms with Crippen molar-refractivity contribution in [3.05, 3.63) is 35.9 Å². The van der Waals surface area contributed by atoms with Crippen LogP contribution in [0.4, 0.5) is 4.79 Å². The number of amides is 2. The van der Waals surface area contributed by atoms with Crippen molar-refractivity contribution in [1.82, 2.24) is 5.32 Å². The number of hydrogen-bond donors (Lipinski definition) is 2. The van der Waals surface area contributed by atoms with Gasteiger partial charge in [0.2, 0.25) is 0 Å². The average molecular weight is 192 g/mol. The van der Waals surface area contributed by atoms with Gasteiger partial charge < -0.3 is 11.1 Å². The van der Waals surface area contributed by atoms with Crippen LogP contribution in [0.15, 0.2) is 30.3 Å². The summed E-state index contributed by atoms with van der Waals surface area (Å²) in [4.78, 5) is 10.6. The summed E-state index contributed by atoms with van der Waals surface area (Å²) in [5.41, 5.74) is 6.13. The lowest BCUT2D eigenvalue weighted by Gasteiger charge is -2.25. The van der Waals surface area contributed by atoms with Crippen LogP contribution in [-0.4, -0.2) is 12.6 Å². The van der Waals surface area contributed by atoms with E-state index in [0.29, 0.717) is 6.54 Å². The molecule has 1 rings (SSSR count). The van der Waals surface area contributed by atoms with Crippen molar-refractivity contribution in [1.29, 1.82) is 0 Å². The van der Waals surface area contributed by atoms with E-state index in [-0.39, 0.29) is 5.41 Å². The summed E-state index contributed by atoms with van der Waals surface area (Å²) < 4.78 is 0. The summed E-state index contributed by atoms with van der Waals surface area (Å²) in [6, 6.07) is 9.56. The zero-order valence-electron chi connectivity index (χ0n) is 8.58. The van der Waals surface area contributed by atoms with Crippen LogP contribution in [-0.2, 0) is 5.41 Å². The summed E-state index contributed by atoms with van der Waals surface area (Å²) in [5.74, 6) is 0. The van der Waals surface area contributed by atoms with Crippen LogP contribution in [0.1, 0.15) is 19.4 Å². The number of hydrogen-bond acceptors (Lipinski definition) is 1. The van der Waals surface area contributed by atoms with E-state index in [1.54, 1.807) is 0 Å². The Bertz CT molecular complexity index is 306. The molecule has 14 heavy (non-hydrogen) atoms. The summed E-state index contributed by atoms with van der Waals surface area (Å²) in [7, 11) is 0. The Morgan fingerprint density at radius 1 is 1.36 bits per heavy atom. The molecule has 0 aliphatic rings. The third kappa shape index (κ3) is 2.76. The van der Waals surface area contributed by atoms with E-state index in [1.165, 1.54) is 5.56 Å². The minimum atomic E-state index is -0.478. The van der Waals surface area contributed by atoms with Gasteiger partial charge in [-0.05, 0) is 5.56 Å². The second-order valence-electron chi connectivity index (χ2n) is 3.97. The molecule has 0 aliphatic heterocycles. The van der Waals surface area contributed by atoms with Crippen LogP contribution in [0, 0.1) is 0 Å². The van der Waals surface area contributed by atoms with Crippen molar-refractivity contribution in [2.24, 2.45) is 5.73 Å². The predicted molar refractivity (Wildman–Crippen MR) is 57.1 cm³/mol. The lowest BCUT2D eigenvalue weighted by molar-refractivity contribution is 0.246. The lowest BCUT2D eigenvalue weighted by Crippen LogP contribution is -2.39. The molecular formula is C11H16N2O. The molecular weight excluding hydrogens is 176 g/mol. The fourth-order valence-electron chi connectivity index (χ4n) is 1.30. The fraction of sp³-hybridized carbons (Fsp3) is 0.364. The largest absolute Gasteiger partial charge is 0.352 e. The van der Waals surface area contributed by atoms with Crippen LogP contribution in [0.2, 0.25) is 0 Å². The van der Waals surface area contributed by atoms with Crippen LogP contribution in [0.25, 0.3) is 0 Å². The first-order valence-corrected chi connectivity index (χ1v) is 4.61. The maximum Gasteiger partial charge on any atom is 0.312 e. The predicted octanol–water partition coefficient (Wildman–Crippen LogP) is 1.63. The number of rotatable bonds is 3. The second-order valence-corrected chi connectivity index (χ2v) is 3.97. The molecule has 0 spiro atoms. The normalized spacial score (nSPS) is 11.0. The molecule has 0 atom stereocenters. The number of nitrogens with two attached hydrogens (primary N) is 1. The second kappa shape index (κ2) is 4.13. The summed E-state index contributed by atoms with van der Waals surface area (Å²) in [5, 5.41) is 2.62. The Balaban J connectivity index is 2.70. The zero-order chi connectivity index (χ0) is 10.6. The number of carbonyl (C=O) groups is 1. The molecule has 2 amide bonds. The van der Waals surface area contributed by atoms with Gasteiger partial charge in [-0.15, -0.1) is 0 Å². The van der Waals surface area contributed by atoms with Gasteiger partial charge in [0, 0.05) is 12.0 Å². The Hall–Kier alpha value is -1.51. The van der Waals surface area contributed by atoms with Gasteiger partial charge in [-0.25, -0.2) is 4.79 Å². The maximum absolute atomic E-state index is 10.6. The quantitative estimate of drug-likeness (QED) is 0.751. The molecule has 3 nitrogen and oxygen atoms in total. The monoisotopic (exact) mass is 192 g/mol. The van der Waals surface area contributed by atoms with E-state index in [1.807, 2.05) is 30.3 Å². The summed E-state index contributed by atoms with van der Waals surface area (Å²) in [6.07, 6.45) is 0. The van der Waals surface area contributed by atoms with Gasteiger partial charge in [0.15, 0.2) is 0 Å². The maximum atomic E-state index is 10.6. The SMILES string of the molecule is CC(C)(CNC(N)=O)c1ccccc1. The molecule has 0 heterocycles. The van der Waals surface area contributed by atoms with Gasteiger partial charge >= 0.3 is 6.03 Å². The molecule has 0 saturated heterocycles. The number of primary amides is 1. The number of urea groups is 1. The topological polar surface area (TPSA) is 55.1 Å². The van der Waals surface area contributed by atoms with Gasteiger partial charge in [0.1, 0.15) is 0 Å². The van der Waals surface area contributed by atoms with Crippen LogP contribution >= 0.6 is 0 Å². The molecule has 1 aromatic carbocycles. The molecule has 76 valence electrons. The van der Waals surface area contributed by atoms with Crippen LogP contribution in [0.5, 0.6) is 0 Å². The van der Waals surface area contributed by atoms with Gasteiger partial charge in [-0.3, -0.25) is 0 Å². The highest BCUT2D eigenvalue weighted by Gasteiger charge is 2.20. The Morgan fingerprint density at radius 2 is 1.93 bits per heavy atom. The summed E-state index contributed by atoms with van der Waals surface area (Å²) >= 11 is 0. The number of nitrogens with one attached hydrogen (secondary N) is 1.